The highest BCUT2D eigenvalue weighted by molar-refractivity contribution is 8.00. The molecule has 0 atom stereocenters. The zero-order valence-electron chi connectivity index (χ0n) is 11.9. The van der Waals surface area contributed by atoms with Gasteiger partial charge in [-0.15, -0.1) is 0 Å². The SMILES string of the molecule is N#Cc1cc(C(=O)Nc2ccccc2)c(N)nc1SCC(N)=O. The number of anilines is 2. The lowest BCUT2D eigenvalue weighted by molar-refractivity contribution is -0.115. The van der Waals surface area contributed by atoms with Gasteiger partial charge < -0.3 is 16.8 Å². The van der Waals surface area contributed by atoms with Gasteiger partial charge in [0.25, 0.3) is 5.91 Å². The van der Waals surface area contributed by atoms with E-state index in [2.05, 4.69) is 10.3 Å². The second-order valence-electron chi connectivity index (χ2n) is 4.46. The number of rotatable bonds is 5. The van der Waals surface area contributed by atoms with E-state index in [1.807, 2.05) is 12.1 Å². The monoisotopic (exact) mass is 327 g/mol. The topological polar surface area (TPSA) is 135 Å². The minimum atomic E-state index is -0.537. The number of hydrogen-bond donors (Lipinski definition) is 3. The molecule has 0 aliphatic rings. The average molecular weight is 327 g/mol. The maximum atomic E-state index is 12.3. The first kappa shape index (κ1) is 16.3. The number of amides is 2. The molecular weight excluding hydrogens is 314 g/mol. The van der Waals surface area contributed by atoms with E-state index < -0.39 is 11.8 Å². The van der Waals surface area contributed by atoms with E-state index >= 15 is 0 Å². The molecule has 116 valence electrons. The molecule has 2 rings (SSSR count). The molecule has 23 heavy (non-hydrogen) atoms. The molecule has 0 spiro atoms. The van der Waals surface area contributed by atoms with Crippen LogP contribution in [-0.2, 0) is 4.79 Å². The number of carbonyl (C=O) groups is 2. The number of hydrogen-bond acceptors (Lipinski definition) is 6. The van der Waals surface area contributed by atoms with Gasteiger partial charge in [-0.25, -0.2) is 4.98 Å². The van der Waals surface area contributed by atoms with Crippen molar-refractivity contribution in [3.63, 3.8) is 0 Å². The fourth-order valence-corrected chi connectivity index (χ4v) is 2.44. The van der Waals surface area contributed by atoms with Gasteiger partial charge in [-0.3, -0.25) is 9.59 Å². The van der Waals surface area contributed by atoms with Crippen LogP contribution in [0, 0.1) is 11.3 Å². The summed E-state index contributed by atoms with van der Waals surface area (Å²) in [5.74, 6) is -1.06. The standard InChI is InChI=1S/C15H13N5O2S/c16-7-9-6-11(13(18)20-15(9)23-8-12(17)21)14(22)19-10-4-2-1-3-5-10/h1-6H,8H2,(H2,17,21)(H2,18,20)(H,19,22). The number of primary amides is 1. The predicted molar refractivity (Wildman–Crippen MR) is 87.7 cm³/mol. The van der Waals surface area contributed by atoms with E-state index in [0.717, 1.165) is 11.8 Å². The number of nitriles is 1. The first-order valence-electron chi connectivity index (χ1n) is 6.49. The number of para-hydroxylation sites is 1. The Labute approximate surface area is 136 Å². The summed E-state index contributed by atoms with van der Waals surface area (Å²) in [6, 6.07) is 12.1. The van der Waals surface area contributed by atoms with Gasteiger partial charge in [0.15, 0.2) is 0 Å². The molecule has 0 saturated carbocycles. The molecule has 7 nitrogen and oxygen atoms in total. The number of pyridine rings is 1. The Kier molecular flexibility index (Phi) is 5.17. The highest BCUT2D eigenvalue weighted by atomic mass is 32.2. The van der Waals surface area contributed by atoms with Crippen LogP contribution in [0.3, 0.4) is 0 Å². The molecule has 0 bridgehead atoms. The Balaban J connectivity index is 2.27. The normalized spacial score (nSPS) is 9.87. The average Bonchev–Trinajstić information content (AvgIpc) is 2.53. The maximum Gasteiger partial charge on any atom is 0.259 e. The number of nitrogen functional groups attached to an aromatic ring is 1. The van der Waals surface area contributed by atoms with Crippen LogP contribution >= 0.6 is 11.8 Å². The summed E-state index contributed by atoms with van der Waals surface area (Å²) >= 11 is 0.998. The molecule has 2 aromatic rings. The lowest BCUT2D eigenvalue weighted by Gasteiger charge is -2.09. The van der Waals surface area contributed by atoms with Crippen LogP contribution in [-0.4, -0.2) is 22.6 Å². The van der Waals surface area contributed by atoms with E-state index in [1.165, 1.54) is 6.07 Å². The zero-order chi connectivity index (χ0) is 16.8. The molecular formula is C15H13N5O2S. The summed E-state index contributed by atoms with van der Waals surface area (Å²) < 4.78 is 0. The Morgan fingerprint density at radius 1 is 1.30 bits per heavy atom. The van der Waals surface area contributed by atoms with Crippen molar-refractivity contribution in [1.82, 2.24) is 4.98 Å². The van der Waals surface area contributed by atoms with Crippen molar-refractivity contribution in [2.24, 2.45) is 5.73 Å². The highest BCUT2D eigenvalue weighted by Gasteiger charge is 2.16. The van der Waals surface area contributed by atoms with Crippen LogP contribution in [0.25, 0.3) is 0 Å². The first-order chi connectivity index (χ1) is 11.0. The Bertz CT molecular complexity index is 786. The van der Waals surface area contributed by atoms with Crippen LogP contribution in [0.2, 0.25) is 0 Å². The van der Waals surface area contributed by atoms with Crippen LogP contribution in [0.15, 0.2) is 41.4 Å². The van der Waals surface area contributed by atoms with Gasteiger partial charge >= 0.3 is 0 Å². The molecule has 0 aliphatic carbocycles. The fourth-order valence-electron chi connectivity index (χ4n) is 1.74. The van der Waals surface area contributed by atoms with Crippen molar-refractivity contribution < 1.29 is 9.59 Å². The smallest absolute Gasteiger partial charge is 0.259 e. The molecule has 0 aliphatic heterocycles. The van der Waals surface area contributed by atoms with E-state index in [1.54, 1.807) is 24.3 Å². The molecule has 0 unspecified atom stereocenters. The number of nitrogens with two attached hydrogens (primary N) is 2. The molecule has 0 saturated heterocycles. The van der Waals surface area contributed by atoms with E-state index in [-0.39, 0.29) is 27.7 Å². The van der Waals surface area contributed by atoms with E-state index in [9.17, 15) is 14.9 Å². The Morgan fingerprint density at radius 2 is 2.00 bits per heavy atom. The van der Waals surface area contributed by atoms with Crippen molar-refractivity contribution in [3.05, 3.63) is 47.5 Å². The van der Waals surface area contributed by atoms with E-state index in [4.69, 9.17) is 11.5 Å². The third kappa shape index (κ3) is 4.21. The summed E-state index contributed by atoms with van der Waals surface area (Å²) in [5.41, 5.74) is 11.7. The third-order valence-corrected chi connectivity index (χ3v) is 3.78. The van der Waals surface area contributed by atoms with E-state index in [0.29, 0.717) is 5.69 Å². The second kappa shape index (κ2) is 7.29. The predicted octanol–water partition coefficient (Wildman–Crippen LogP) is 1.37. The minimum absolute atomic E-state index is 0.0237. The van der Waals surface area contributed by atoms with Gasteiger partial charge in [0.1, 0.15) is 16.9 Å². The van der Waals surface area contributed by atoms with Gasteiger partial charge in [0.05, 0.1) is 16.9 Å². The summed E-state index contributed by atoms with van der Waals surface area (Å²) in [6.07, 6.45) is 0. The molecule has 2 amide bonds. The maximum absolute atomic E-state index is 12.3. The lowest BCUT2D eigenvalue weighted by atomic mass is 10.2. The second-order valence-corrected chi connectivity index (χ2v) is 5.42. The molecule has 5 N–H and O–H groups in total. The summed E-state index contributed by atoms with van der Waals surface area (Å²) in [7, 11) is 0. The van der Waals surface area contributed by atoms with Gasteiger partial charge in [0, 0.05) is 5.69 Å². The first-order valence-corrected chi connectivity index (χ1v) is 7.48. The number of thioether (sulfide) groups is 1. The molecule has 0 fully saturated rings. The van der Waals surface area contributed by atoms with Crippen molar-refractivity contribution in [3.8, 4) is 6.07 Å². The largest absolute Gasteiger partial charge is 0.383 e. The quantitative estimate of drug-likeness (QED) is 0.710. The summed E-state index contributed by atoms with van der Waals surface area (Å²) in [6.45, 7) is 0. The van der Waals surface area contributed by atoms with Crippen LogP contribution < -0.4 is 16.8 Å². The Hall–Kier alpha value is -3.05. The number of benzene rings is 1. The molecule has 0 radical (unpaired) electrons. The van der Waals surface area contributed by atoms with Crippen LogP contribution in [0.1, 0.15) is 15.9 Å². The number of carbonyl (C=O) groups excluding carboxylic acids is 2. The molecule has 1 aromatic carbocycles. The van der Waals surface area contributed by atoms with Crippen LogP contribution in [0.4, 0.5) is 11.5 Å². The number of nitrogens with one attached hydrogen (secondary N) is 1. The number of aromatic nitrogens is 1. The zero-order valence-corrected chi connectivity index (χ0v) is 12.8. The highest BCUT2D eigenvalue weighted by Crippen LogP contribution is 2.24. The van der Waals surface area contributed by atoms with Gasteiger partial charge in [-0.2, -0.15) is 5.26 Å². The lowest BCUT2D eigenvalue weighted by Crippen LogP contribution is -2.16. The van der Waals surface area contributed by atoms with Crippen molar-refractivity contribution in [2.75, 3.05) is 16.8 Å². The van der Waals surface area contributed by atoms with Gasteiger partial charge in [0.2, 0.25) is 5.91 Å². The summed E-state index contributed by atoms with van der Waals surface area (Å²) in [4.78, 5) is 27.1. The molecule has 8 heteroatoms. The van der Waals surface area contributed by atoms with Crippen LogP contribution in [0.5, 0.6) is 0 Å². The van der Waals surface area contributed by atoms with Gasteiger partial charge in [-0.05, 0) is 18.2 Å². The fraction of sp³-hybridized carbons (Fsp3) is 0.0667. The number of nitrogens with zero attached hydrogens (tertiary/aromatic N) is 2. The Morgan fingerprint density at radius 3 is 2.61 bits per heavy atom. The van der Waals surface area contributed by atoms with Crippen molar-refractivity contribution in [1.29, 1.82) is 5.26 Å². The van der Waals surface area contributed by atoms with Gasteiger partial charge in [-0.1, -0.05) is 30.0 Å². The third-order valence-electron chi connectivity index (χ3n) is 2.76. The molecule has 1 heterocycles. The van der Waals surface area contributed by atoms with Crippen molar-refractivity contribution >= 4 is 35.1 Å². The van der Waals surface area contributed by atoms with Crippen molar-refractivity contribution in [2.45, 2.75) is 5.03 Å². The summed E-state index contributed by atoms with van der Waals surface area (Å²) in [5, 5.41) is 12.1. The molecule has 1 aromatic heterocycles. The minimum Gasteiger partial charge on any atom is -0.383 e.